The molecule has 68 valence electrons. The number of hydrogen-bond donors (Lipinski definition) is 1. The minimum atomic E-state index is 0. The van der Waals surface area contributed by atoms with Crippen molar-refractivity contribution in [2.75, 3.05) is 19.7 Å². The summed E-state index contributed by atoms with van der Waals surface area (Å²) in [7, 11) is 0. The van der Waals surface area contributed by atoms with E-state index in [0.29, 0.717) is 12.6 Å². The van der Waals surface area contributed by atoms with Crippen LogP contribution in [0.2, 0.25) is 0 Å². The van der Waals surface area contributed by atoms with E-state index in [-0.39, 0.29) is 13.5 Å². The van der Waals surface area contributed by atoms with Crippen LogP contribution in [-0.2, 0) is 0 Å². The standard InChI is InChI=1S/C8H17NO.H2S/c1-2-5-9-6-3-4-8(9)7-10;/h8,10H,2-7H2,1H3;1H2. The molecule has 3 heteroatoms. The first-order valence-electron chi connectivity index (χ1n) is 4.23. The summed E-state index contributed by atoms with van der Waals surface area (Å²) in [6, 6.07) is 0.472. The second-order valence-electron chi connectivity index (χ2n) is 3.01. The Morgan fingerprint density at radius 3 is 2.82 bits per heavy atom. The maximum Gasteiger partial charge on any atom is 0.0586 e. The van der Waals surface area contributed by atoms with Crippen LogP contribution in [0.4, 0.5) is 0 Å². The van der Waals surface area contributed by atoms with E-state index in [0.717, 1.165) is 6.54 Å². The van der Waals surface area contributed by atoms with Crippen molar-refractivity contribution in [3.63, 3.8) is 0 Å². The zero-order valence-electron chi connectivity index (χ0n) is 7.21. The summed E-state index contributed by atoms with van der Waals surface area (Å²) in [6.07, 6.45) is 3.66. The predicted molar refractivity (Wildman–Crippen MR) is 52.4 cm³/mol. The van der Waals surface area contributed by atoms with Gasteiger partial charge >= 0.3 is 0 Å². The third kappa shape index (κ3) is 3.01. The van der Waals surface area contributed by atoms with Crippen molar-refractivity contribution < 1.29 is 5.11 Å². The van der Waals surface area contributed by atoms with Crippen molar-refractivity contribution in [3.8, 4) is 0 Å². The van der Waals surface area contributed by atoms with Gasteiger partial charge in [-0.25, -0.2) is 0 Å². The van der Waals surface area contributed by atoms with Crippen molar-refractivity contribution >= 4 is 13.5 Å². The third-order valence-corrected chi connectivity index (χ3v) is 2.22. The quantitative estimate of drug-likeness (QED) is 0.694. The summed E-state index contributed by atoms with van der Waals surface area (Å²) >= 11 is 0. The van der Waals surface area contributed by atoms with E-state index < -0.39 is 0 Å². The second kappa shape index (κ2) is 5.86. The van der Waals surface area contributed by atoms with Gasteiger partial charge in [0.2, 0.25) is 0 Å². The van der Waals surface area contributed by atoms with Gasteiger partial charge in [-0.2, -0.15) is 13.5 Å². The summed E-state index contributed by atoms with van der Waals surface area (Å²) in [4.78, 5) is 2.39. The average Bonchev–Trinajstić information content (AvgIpc) is 2.36. The molecule has 0 spiro atoms. The van der Waals surface area contributed by atoms with Crippen LogP contribution in [0.3, 0.4) is 0 Å². The number of rotatable bonds is 3. The largest absolute Gasteiger partial charge is 0.395 e. The summed E-state index contributed by atoms with van der Waals surface area (Å²) in [5.74, 6) is 0. The molecule has 1 atom stereocenters. The average molecular weight is 177 g/mol. The second-order valence-corrected chi connectivity index (χ2v) is 3.01. The highest BCUT2D eigenvalue weighted by Gasteiger charge is 2.21. The van der Waals surface area contributed by atoms with Gasteiger partial charge in [0.05, 0.1) is 6.61 Å². The Morgan fingerprint density at radius 1 is 1.55 bits per heavy atom. The van der Waals surface area contributed by atoms with Crippen molar-refractivity contribution in [1.82, 2.24) is 4.90 Å². The lowest BCUT2D eigenvalue weighted by Gasteiger charge is -2.21. The molecule has 1 aliphatic heterocycles. The lowest BCUT2D eigenvalue weighted by atomic mass is 10.2. The maximum atomic E-state index is 8.92. The van der Waals surface area contributed by atoms with Crippen LogP contribution >= 0.6 is 13.5 Å². The van der Waals surface area contributed by atoms with Gasteiger partial charge < -0.3 is 5.11 Å². The van der Waals surface area contributed by atoms with Crippen LogP contribution in [-0.4, -0.2) is 35.7 Å². The van der Waals surface area contributed by atoms with Crippen molar-refractivity contribution in [2.24, 2.45) is 0 Å². The molecule has 1 saturated heterocycles. The minimum Gasteiger partial charge on any atom is -0.395 e. The Hall–Kier alpha value is 0.270. The Bertz CT molecular complexity index is 100. The number of nitrogens with zero attached hydrogens (tertiary/aromatic N) is 1. The number of hydrogen-bond acceptors (Lipinski definition) is 2. The molecule has 1 fully saturated rings. The van der Waals surface area contributed by atoms with Gasteiger partial charge in [-0.15, -0.1) is 0 Å². The SMILES string of the molecule is CCCN1CCCC1CO.S. The van der Waals surface area contributed by atoms with Crippen LogP contribution in [0.15, 0.2) is 0 Å². The van der Waals surface area contributed by atoms with Gasteiger partial charge in [-0.05, 0) is 32.4 Å². The zero-order chi connectivity index (χ0) is 7.40. The highest BCUT2D eigenvalue weighted by molar-refractivity contribution is 7.59. The molecule has 0 radical (unpaired) electrons. The molecule has 11 heavy (non-hydrogen) atoms. The van der Waals surface area contributed by atoms with E-state index in [4.69, 9.17) is 5.11 Å². The monoisotopic (exact) mass is 177 g/mol. The van der Waals surface area contributed by atoms with E-state index in [1.807, 2.05) is 0 Å². The van der Waals surface area contributed by atoms with Crippen LogP contribution in [0.25, 0.3) is 0 Å². The molecule has 1 unspecified atom stereocenters. The van der Waals surface area contributed by atoms with Gasteiger partial charge in [-0.1, -0.05) is 6.92 Å². The summed E-state index contributed by atoms with van der Waals surface area (Å²) < 4.78 is 0. The van der Waals surface area contributed by atoms with Crippen LogP contribution in [0, 0.1) is 0 Å². The Kier molecular flexibility index (Phi) is 6.01. The molecule has 1 rings (SSSR count). The molecule has 0 bridgehead atoms. The first kappa shape index (κ1) is 11.3. The summed E-state index contributed by atoms with van der Waals surface area (Å²) in [5, 5.41) is 8.92. The molecule has 0 aromatic rings. The van der Waals surface area contributed by atoms with Crippen LogP contribution in [0.5, 0.6) is 0 Å². The maximum absolute atomic E-state index is 8.92. The fourth-order valence-electron chi connectivity index (χ4n) is 1.68. The Labute approximate surface area is 76.0 Å². The molecule has 1 aliphatic rings. The third-order valence-electron chi connectivity index (χ3n) is 2.22. The topological polar surface area (TPSA) is 23.5 Å². The molecule has 1 heterocycles. The van der Waals surface area contributed by atoms with E-state index >= 15 is 0 Å². The lowest BCUT2D eigenvalue weighted by Crippen LogP contribution is -2.32. The Morgan fingerprint density at radius 2 is 2.27 bits per heavy atom. The molecule has 0 saturated carbocycles. The molecule has 1 N–H and O–H groups in total. The van der Waals surface area contributed by atoms with E-state index in [1.165, 1.54) is 25.8 Å². The first-order chi connectivity index (χ1) is 4.88. The molecular formula is C8H19NOS. The van der Waals surface area contributed by atoms with E-state index in [9.17, 15) is 0 Å². The molecule has 0 aromatic heterocycles. The number of aliphatic hydroxyl groups is 1. The predicted octanol–water partition coefficient (Wildman–Crippen LogP) is 0.966. The molecule has 0 aromatic carbocycles. The van der Waals surface area contributed by atoms with Gasteiger partial charge in [0.1, 0.15) is 0 Å². The fourth-order valence-corrected chi connectivity index (χ4v) is 1.68. The molecule has 2 nitrogen and oxygen atoms in total. The van der Waals surface area contributed by atoms with Gasteiger partial charge in [0.15, 0.2) is 0 Å². The van der Waals surface area contributed by atoms with Crippen molar-refractivity contribution in [1.29, 1.82) is 0 Å². The number of likely N-dealkylation sites (tertiary alicyclic amines) is 1. The molecule has 0 aliphatic carbocycles. The zero-order valence-corrected chi connectivity index (χ0v) is 8.21. The summed E-state index contributed by atoms with van der Waals surface area (Å²) in [5.41, 5.74) is 0. The van der Waals surface area contributed by atoms with Crippen molar-refractivity contribution in [2.45, 2.75) is 32.2 Å². The highest BCUT2D eigenvalue weighted by Crippen LogP contribution is 2.15. The van der Waals surface area contributed by atoms with E-state index in [2.05, 4.69) is 11.8 Å². The van der Waals surface area contributed by atoms with Crippen LogP contribution in [0.1, 0.15) is 26.2 Å². The first-order valence-corrected chi connectivity index (χ1v) is 4.23. The minimum absolute atomic E-state index is 0. The van der Waals surface area contributed by atoms with Crippen LogP contribution < -0.4 is 0 Å². The number of aliphatic hydroxyl groups excluding tert-OH is 1. The lowest BCUT2D eigenvalue weighted by molar-refractivity contribution is 0.159. The van der Waals surface area contributed by atoms with Gasteiger partial charge in [-0.3, -0.25) is 4.90 Å². The smallest absolute Gasteiger partial charge is 0.0586 e. The van der Waals surface area contributed by atoms with E-state index in [1.54, 1.807) is 0 Å². The Balaban J connectivity index is 0.000001000. The summed E-state index contributed by atoms with van der Waals surface area (Å²) in [6.45, 7) is 4.89. The van der Waals surface area contributed by atoms with Gasteiger partial charge in [0.25, 0.3) is 0 Å². The highest BCUT2D eigenvalue weighted by atomic mass is 32.1. The van der Waals surface area contributed by atoms with Crippen molar-refractivity contribution in [3.05, 3.63) is 0 Å². The normalized spacial score (nSPS) is 25.1. The van der Waals surface area contributed by atoms with Gasteiger partial charge in [0, 0.05) is 6.04 Å². The molecular weight excluding hydrogens is 158 g/mol. The fraction of sp³-hybridized carbons (Fsp3) is 1.00. The molecule has 0 amide bonds.